The highest BCUT2D eigenvalue weighted by Gasteiger charge is 2.45. The van der Waals surface area contributed by atoms with Crippen LogP contribution in [-0.2, 0) is 5.60 Å². The van der Waals surface area contributed by atoms with Gasteiger partial charge < -0.3 is 9.84 Å². The number of rotatable bonds is 4. The summed E-state index contributed by atoms with van der Waals surface area (Å²) in [5, 5.41) is 11.9. The van der Waals surface area contributed by atoms with E-state index in [0.29, 0.717) is 12.8 Å². The van der Waals surface area contributed by atoms with Crippen LogP contribution >= 0.6 is 0 Å². The summed E-state index contributed by atoms with van der Waals surface area (Å²) in [4.78, 5) is 2.40. The molecule has 0 amide bonds. The number of para-hydroxylation sites is 1. The van der Waals surface area contributed by atoms with Crippen molar-refractivity contribution in [1.82, 2.24) is 4.90 Å². The molecule has 0 radical (unpaired) electrons. The number of hydrogen-bond acceptors (Lipinski definition) is 3. The first-order chi connectivity index (χ1) is 13.6. The normalized spacial score (nSPS) is 25.4. The highest BCUT2D eigenvalue weighted by atomic mass is 16.5. The van der Waals surface area contributed by atoms with E-state index in [2.05, 4.69) is 60.5 Å². The van der Waals surface area contributed by atoms with Crippen molar-refractivity contribution in [1.29, 1.82) is 0 Å². The molecule has 0 unspecified atom stereocenters. The molecule has 144 valence electrons. The number of piperidine rings is 1. The van der Waals surface area contributed by atoms with Gasteiger partial charge in [0.15, 0.2) is 0 Å². The minimum Gasteiger partial charge on any atom is -0.496 e. The van der Waals surface area contributed by atoms with Gasteiger partial charge >= 0.3 is 0 Å². The maximum absolute atomic E-state index is 11.9. The average Bonchev–Trinajstić information content (AvgIpc) is 2.76. The predicted molar refractivity (Wildman–Crippen MR) is 112 cm³/mol. The molecular formula is C25H27NO2. The van der Waals surface area contributed by atoms with Crippen LogP contribution in [0.1, 0.15) is 41.6 Å². The van der Waals surface area contributed by atoms with Crippen LogP contribution in [0.3, 0.4) is 0 Å². The number of benzene rings is 3. The molecule has 28 heavy (non-hydrogen) atoms. The lowest BCUT2D eigenvalue weighted by Gasteiger charge is -2.48. The van der Waals surface area contributed by atoms with Gasteiger partial charge in [-0.1, -0.05) is 78.9 Å². The molecule has 0 aliphatic carbocycles. The average molecular weight is 373 g/mol. The SMILES string of the molecule is COc1ccccc1C1(O)C[C@@H](c2ccccc2)N(C)[C@H](c2ccccc2)C1. The molecule has 2 atom stereocenters. The van der Waals surface area contributed by atoms with Crippen molar-refractivity contribution in [2.45, 2.75) is 30.5 Å². The largest absolute Gasteiger partial charge is 0.496 e. The molecule has 1 N–H and O–H groups in total. The Balaban J connectivity index is 1.81. The summed E-state index contributed by atoms with van der Waals surface area (Å²) in [5.74, 6) is 0.744. The van der Waals surface area contributed by atoms with Crippen molar-refractivity contribution in [3.05, 3.63) is 102 Å². The summed E-state index contributed by atoms with van der Waals surface area (Å²) in [6.07, 6.45) is 1.24. The summed E-state index contributed by atoms with van der Waals surface area (Å²) in [6.45, 7) is 0. The molecule has 1 aliphatic rings. The lowest BCUT2D eigenvalue weighted by Crippen LogP contribution is -2.45. The topological polar surface area (TPSA) is 32.7 Å². The third kappa shape index (κ3) is 3.44. The van der Waals surface area contributed by atoms with Crippen molar-refractivity contribution in [2.75, 3.05) is 14.2 Å². The van der Waals surface area contributed by atoms with Gasteiger partial charge in [-0.25, -0.2) is 0 Å². The number of ether oxygens (including phenoxy) is 1. The van der Waals surface area contributed by atoms with E-state index in [-0.39, 0.29) is 12.1 Å². The van der Waals surface area contributed by atoms with E-state index >= 15 is 0 Å². The number of aliphatic hydroxyl groups is 1. The van der Waals surface area contributed by atoms with Crippen LogP contribution in [0.25, 0.3) is 0 Å². The van der Waals surface area contributed by atoms with Crippen LogP contribution in [0, 0.1) is 0 Å². The van der Waals surface area contributed by atoms with Gasteiger partial charge in [-0.2, -0.15) is 0 Å². The summed E-state index contributed by atoms with van der Waals surface area (Å²) in [7, 11) is 3.83. The van der Waals surface area contributed by atoms with Gasteiger partial charge in [-0.15, -0.1) is 0 Å². The van der Waals surface area contributed by atoms with Gasteiger partial charge in [0.25, 0.3) is 0 Å². The Bertz CT molecular complexity index is 861. The van der Waals surface area contributed by atoms with E-state index in [0.717, 1.165) is 11.3 Å². The smallest absolute Gasteiger partial charge is 0.124 e. The number of nitrogens with zero attached hydrogens (tertiary/aromatic N) is 1. The zero-order valence-electron chi connectivity index (χ0n) is 16.5. The van der Waals surface area contributed by atoms with Crippen LogP contribution in [-0.4, -0.2) is 24.2 Å². The van der Waals surface area contributed by atoms with Crippen molar-refractivity contribution in [2.24, 2.45) is 0 Å². The molecule has 3 aromatic rings. The fraction of sp³-hybridized carbons (Fsp3) is 0.280. The predicted octanol–water partition coefficient (Wildman–Crippen LogP) is 5.09. The molecule has 1 saturated heterocycles. The summed E-state index contributed by atoms with van der Waals surface area (Å²) < 4.78 is 5.60. The fourth-order valence-corrected chi connectivity index (χ4v) is 4.53. The molecule has 0 saturated carbocycles. The Kier molecular flexibility index (Phi) is 5.21. The van der Waals surface area contributed by atoms with Gasteiger partial charge in [0.05, 0.1) is 12.7 Å². The van der Waals surface area contributed by atoms with Crippen LogP contribution in [0.5, 0.6) is 5.75 Å². The third-order valence-electron chi connectivity index (χ3n) is 6.02. The van der Waals surface area contributed by atoms with E-state index < -0.39 is 5.60 Å². The van der Waals surface area contributed by atoms with Gasteiger partial charge in [-0.05, 0) is 24.2 Å². The molecule has 1 fully saturated rings. The Hall–Kier alpha value is -2.62. The lowest BCUT2D eigenvalue weighted by molar-refractivity contribution is -0.0749. The zero-order valence-corrected chi connectivity index (χ0v) is 16.5. The number of hydrogen-bond donors (Lipinski definition) is 1. The molecular weight excluding hydrogens is 346 g/mol. The van der Waals surface area contributed by atoms with Gasteiger partial charge in [0.1, 0.15) is 5.75 Å². The van der Waals surface area contributed by atoms with E-state index in [1.807, 2.05) is 36.4 Å². The molecule has 1 heterocycles. The molecule has 3 nitrogen and oxygen atoms in total. The first-order valence-electron chi connectivity index (χ1n) is 9.80. The van der Waals surface area contributed by atoms with E-state index in [9.17, 15) is 5.11 Å². The van der Waals surface area contributed by atoms with Crippen LogP contribution in [0.2, 0.25) is 0 Å². The van der Waals surface area contributed by atoms with Crippen molar-refractivity contribution in [3.8, 4) is 5.75 Å². The summed E-state index contributed by atoms with van der Waals surface area (Å²) in [5.41, 5.74) is 2.34. The summed E-state index contributed by atoms with van der Waals surface area (Å²) >= 11 is 0. The van der Waals surface area contributed by atoms with Gasteiger partial charge in [-0.3, -0.25) is 4.90 Å². The second kappa shape index (κ2) is 7.78. The Morgan fingerprint density at radius 1 is 0.786 bits per heavy atom. The Morgan fingerprint density at radius 3 is 1.75 bits per heavy atom. The van der Waals surface area contributed by atoms with Crippen molar-refractivity contribution in [3.63, 3.8) is 0 Å². The highest BCUT2D eigenvalue weighted by Crippen LogP contribution is 2.51. The maximum atomic E-state index is 11.9. The minimum atomic E-state index is -0.972. The van der Waals surface area contributed by atoms with Crippen LogP contribution < -0.4 is 4.74 Å². The maximum Gasteiger partial charge on any atom is 0.124 e. The third-order valence-corrected chi connectivity index (χ3v) is 6.02. The monoisotopic (exact) mass is 373 g/mol. The molecule has 0 spiro atoms. The molecule has 4 rings (SSSR count). The van der Waals surface area contributed by atoms with Crippen molar-refractivity contribution < 1.29 is 9.84 Å². The molecule has 3 aromatic carbocycles. The zero-order chi connectivity index (χ0) is 19.6. The van der Waals surface area contributed by atoms with E-state index in [4.69, 9.17) is 4.74 Å². The van der Waals surface area contributed by atoms with Crippen LogP contribution in [0.4, 0.5) is 0 Å². The molecule has 0 bridgehead atoms. The summed E-state index contributed by atoms with van der Waals surface area (Å²) in [6, 6.07) is 29.0. The van der Waals surface area contributed by atoms with Gasteiger partial charge in [0.2, 0.25) is 0 Å². The van der Waals surface area contributed by atoms with Crippen molar-refractivity contribution >= 4 is 0 Å². The number of methoxy groups -OCH3 is 1. The minimum absolute atomic E-state index is 0.107. The molecule has 1 aliphatic heterocycles. The fourth-order valence-electron chi connectivity index (χ4n) is 4.53. The number of likely N-dealkylation sites (tertiary alicyclic amines) is 1. The van der Waals surface area contributed by atoms with E-state index in [1.54, 1.807) is 7.11 Å². The van der Waals surface area contributed by atoms with E-state index in [1.165, 1.54) is 11.1 Å². The molecule has 0 aromatic heterocycles. The molecule has 3 heteroatoms. The second-order valence-corrected chi connectivity index (χ2v) is 7.66. The standard InChI is InChI=1S/C25H27NO2/c1-26-22(19-11-5-3-6-12-19)17-25(27,21-15-9-10-16-24(21)28-2)18-23(26)20-13-7-4-8-14-20/h3-16,22-23,27H,17-18H2,1-2H3/t22-,23-/m0/s1. The Morgan fingerprint density at radius 2 is 1.25 bits per heavy atom. The highest BCUT2D eigenvalue weighted by molar-refractivity contribution is 5.40. The lowest BCUT2D eigenvalue weighted by atomic mass is 9.74. The Labute approximate surface area is 167 Å². The first kappa shape index (κ1) is 18.7. The first-order valence-corrected chi connectivity index (χ1v) is 9.80. The quantitative estimate of drug-likeness (QED) is 0.691. The van der Waals surface area contributed by atoms with Crippen LogP contribution in [0.15, 0.2) is 84.9 Å². The second-order valence-electron chi connectivity index (χ2n) is 7.66. The van der Waals surface area contributed by atoms with Gasteiger partial charge in [0, 0.05) is 30.5 Å².